The first-order valence-corrected chi connectivity index (χ1v) is 8.90. The van der Waals surface area contributed by atoms with Gasteiger partial charge in [-0.15, -0.1) is 0 Å². The highest BCUT2D eigenvalue weighted by Gasteiger charge is 2.21. The summed E-state index contributed by atoms with van der Waals surface area (Å²) in [4.78, 5) is 21.3. The van der Waals surface area contributed by atoms with Crippen molar-refractivity contribution in [1.29, 1.82) is 0 Å². The summed E-state index contributed by atoms with van der Waals surface area (Å²) in [6, 6.07) is 8.87. The standard InChI is InChI=1S/C16H16N2O8S/c1-24-12-5-8-15(18(20)21)14(9-12)17-27(22,23)13-6-3-11(4-7-13)26-10-16(19)25-2/h3-9,17H,10H2,1-2H3. The molecule has 0 bridgehead atoms. The second-order valence-electron chi connectivity index (χ2n) is 5.08. The summed E-state index contributed by atoms with van der Waals surface area (Å²) in [5.74, 6) is -0.0738. The van der Waals surface area contributed by atoms with Crippen LogP contribution < -0.4 is 14.2 Å². The Kier molecular flexibility index (Phi) is 6.19. The van der Waals surface area contributed by atoms with Gasteiger partial charge in [0.25, 0.3) is 15.7 Å². The van der Waals surface area contributed by atoms with E-state index in [2.05, 4.69) is 9.46 Å². The predicted octanol–water partition coefficient (Wildman–Crippen LogP) is 1.96. The fourth-order valence-corrected chi connectivity index (χ4v) is 3.07. The van der Waals surface area contributed by atoms with Gasteiger partial charge >= 0.3 is 5.97 Å². The maximum absolute atomic E-state index is 12.5. The van der Waals surface area contributed by atoms with Crippen LogP contribution in [0.5, 0.6) is 11.5 Å². The fourth-order valence-electron chi connectivity index (χ4n) is 2.00. The number of ether oxygens (including phenoxy) is 3. The average molecular weight is 396 g/mol. The van der Waals surface area contributed by atoms with E-state index in [1.807, 2.05) is 0 Å². The quantitative estimate of drug-likeness (QED) is 0.406. The third-order valence-electron chi connectivity index (χ3n) is 3.36. The number of nitrogens with one attached hydrogen (secondary N) is 1. The number of benzene rings is 2. The van der Waals surface area contributed by atoms with E-state index < -0.39 is 26.6 Å². The van der Waals surface area contributed by atoms with Crippen molar-refractivity contribution < 1.29 is 32.3 Å². The summed E-state index contributed by atoms with van der Waals surface area (Å²) < 4.78 is 41.7. The van der Waals surface area contributed by atoms with Crippen molar-refractivity contribution in [2.45, 2.75) is 4.90 Å². The molecule has 2 aromatic carbocycles. The second-order valence-corrected chi connectivity index (χ2v) is 6.76. The van der Waals surface area contributed by atoms with Gasteiger partial charge in [-0.2, -0.15) is 0 Å². The lowest BCUT2D eigenvalue weighted by Crippen LogP contribution is -2.15. The molecule has 144 valence electrons. The van der Waals surface area contributed by atoms with E-state index in [1.54, 1.807) is 0 Å². The molecule has 1 N–H and O–H groups in total. The zero-order chi connectivity index (χ0) is 20.0. The van der Waals surface area contributed by atoms with Crippen molar-refractivity contribution in [3.05, 3.63) is 52.6 Å². The smallest absolute Gasteiger partial charge is 0.343 e. The Morgan fingerprint density at radius 2 is 1.74 bits per heavy atom. The minimum Gasteiger partial charge on any atom is -0.497 e. The zero-order valence-electron chi connectivity index (χ0n) is 14.4. The number of anilines is 1. The maximum Gasteiger partial charge on any atom is 0.343 e. The number of carbonyl (C=O) groups is 1. The lowest BCUT2D eigenvalue weighted by atomic mass is 10.2. The first-order chi connectivity index (χ1) is 12.8. The monoisotopic (exact) mass is 396 g/mol. The number of nitro groups is 1. The molecule has 11 heteroatoms. The van der Waals surface area contributed by atoms with Crippen molar-refractivity contribution in [3.63, 3.8) is 0 Å². The van der Waals surface area contributed by atoms with Gasteiger partial charge in [-0.05, 0) is 30.3 Å². The second kappa shape index (κ2) is 8.36. The number of esters is 1. The molecular formula is C16H16N2O8S. The van der Waals surface area contributed by atoms with Crippen LogP contribution in [0.15, 0.2) is 47.4 Å². The molecule has 0 atom stereocenters. The molecule has 0 heterocycles. The molecule has 10 nitrogen and oxygen atoms in total. The first kappa shape index (κ1) is 20.0. The Morgan fingerprint density at radius 1 is 1.11 bits per heavy atom. The minimum atomic E-state index is -4.10. The first-order valence-electron chi connectivity index (χ1n) is 7.41. The molecule has 0 fully saturated rings. The number of methoxy groups -OCH3 is 2. The van der Waals surface area contributed by atoms with E-state index in [0.29, 0.717) is 0 Å². The van der Waals surface area contributed by atoms with Crippen LogP contribution in [0.25, 0.3) is 0 Å². The van der Waals surface area contributed by atoms with E-state index in [4.69, 9.17) is 9.47 Å². The van der Waals surface area contributed by atoms with E-state index in [9.17, 15) is 23.3 Å². The molecule has 0 aromatic heterocycles. The SMILES string of the molecule is COC(=O)COc1ccc(S(=O)(=O)Nc2cc(OC)ccc2[N+](=O)[O-])cc1. The Labute approximate surface area is 154 Å². The minimum absolute atomic E-state index is 0.148. The number of hydrogen-bond acceptors (Lipinski definition) is 8. The predicted molar refractivity (Wildman–Crippen MR) is 94.4 cm³/mol. The lowest BCUT2D eigenvalue weighted by Gasteiger charge is -2.10. The van der Waals surface area contributed by atoms with Gasteiger partial charge in [0.05, 0.1) is 24.0 Å². The summed E-state index contributed by atoms with van der Waals surface area (Å²) in [6.07, 6.45) is 0. The fraction of sp³-hybridized carbons (Fsp3) is 0.188. The molecule has 27 heavy (non-hydrogen) atoms. The molecule has 0 unspecified atom stereocenters. The van der Waals surface area contributed by atoms with Gasteiger partial charge < -0.3 is 14.2 Å². The average Bonchev–Trinajstić information content (AvgIpc) is 2.65. The molecule has 2 aromatic rings. The highest BCUT2D eigenvalue weighted by molar-refractivity contribution is 7.92. The van der Waals surface area contributed by atoms with Crippen LogP contribution in [-0.4, -0.2) is 40.1 Å². The Hall–Kier alpha value is -3.34. The summed E-state index contributed by atoms with van der Waals surface area (Å²) in [7, 11) is -1.54. The van der Waals surface area contributed by atoms with Gasteiger partial charge in [0.2, 0.25) is 0 Å². The molecule has 0 saturated heterocycles. The number of nitrogens with zero attached hydrogens (tertiary/aromatic N) is 1. The van der Waals surface area contributed by atoms with Crippen LogP contribution >= 0.6 is 0 Å². The van der Waals surface area contributed by atoms with E-state index in [-0.39, 0.29) is 28.7 Å². The highest BCUT2D eigenvalue weighted by atomic mass is 32.2. The summed E-state index contributed by atoms with van der Waals surface area (Å²) in [5.41, 5.74) is -0.650. The number of rotatable bonds is 8. The normalized spacial score (nSPS) is 10.7. The number of hydrogen-bond donors (Lipinski definition) is 1. The molecule has 0 saturated carbocycles. The largest absolute Gasteiger partial charge is 0.497 e. The zero-order valence-corrected chi connectivity index (χ0v) is 15.2. The molecule has 0 amide bonds. The van der Waals surface area contributed by atoms with Crippen molar-refractivity contribution in [2.75, 3.05) is 25.5 Å². The lowest BCUT2D eigenvalue weighted by molar-refractivity contribution is -0.383. The number of sulfonamides is 1. The number of carbonyl (C=O) groups excluding carboxylic acids is 1. The molecule has 0 radical (unpaired) electrons. The van der Waals surface area contributed by atoms with Gasteiger partial charge in [0.15, 0.2) is 6.61 Å². The molecule has 0 aliphatic rings. The van der Waals surface area contributed by atoms with Crippen molar-refractivity contribution in [1.82, 2.24) is 0 Å². The van der Waals surface area contributed by atoms with Crippen LogP contribution in [0.4, 0.5) is 11.4 Å². The van der Waals surface area contributed by atoms with Gasteiger partial charge in [-0.1, -0.05) is 0 Å². The van der Waals surface area contributed by atoms with Gasteiger partial charge in [0.1, 0.15) is 17.2 Å². The molecule has 0 aliphatic heterocycles. The molecule has 0 aliphatic carbocycles. The Balaban J connectivity index is 2.24. The van der Waals surface area contributed by atoms with E-state index in [1.165, 1.54) is 50.6 Å². The van der Waals surface area contributed by atoms with Crippen molar-refractivity contribution in [2.24, 2.45) is 0 Å². The maximum atomic E-state index is 12.5. The molecular weight excluding hydrogens is 380 g/mol. The van der Waals surface area contributed by atoms with Crippen molar-refractivity contribution >= 4 is 27.4 Å². The number of nitro benzene ring substituents is 1. The highest BCUT2D eigenvalue weighted by Crippen LogP contribution is 2.31. The third-order valence-corrected chi connectivity index (χ3v) is 4.74. The van der Waals surface area contributed by atoms with Gasteiger partial charge in [-0.3, -0.25) is 14.8 Å². The van der Waals surface area contributed by atoms with E-state index >= 15 is 0 Å². The molecule has 0 spiro atoms. The van der Waals surface area contributed by atoms with Crippen LogP contribution in [0, 0.1) is 10.1 Å². The third kappa shape index (κ3) is 5.07. The molecule has 2 rings (SSSR count). The van der Waals surface area contributed by atoms with Crippen molar-refractivity contribution in [3.8, 4) is 11.5 Å². The van der Waals surface area contributed by atoms with Crippen LogP contribution in [0.2, 0.25) is 0 Å². The van der Waals surface area contributed by atoms with E-state index in [0.717, 1.165) is 6.07 Å². The topological polar surface area (TPSA) is 134 Å². The summed E-state index contributed by atoms with van der Waals surface area (Å²) in [6.45, 7) is -0.323. The van der Waals surface area contributed by atoms with Gasteiger partial charge in [0, 0.05) is 12.1 Å². The van der Waals surface area contributed by atoms with Crippen LogP contribution in [-0.2, 0) is 19.6 Å². The Bertz CT molecular complexity index is 941. The van der Waals surface area contributed by atoms with Gasteiger partial charge in [-0.25, -0.2) is 13.2 Å². The van der Waals surface area contributed by atoms with Crippen LogP contribution in [0.1, 0.15) is 0 Å². The summed E-state index contributed by atoms with van der Waals surface area (Å²) >= 11 is 0. The van der Waals surface area contributed by atoms with Crippen LogP contribution in [0.3, 0.4) is 0 Å². The Morgan fingerprint density at radius 3 is 2.30 bits per heavy atom. The summed E-state index contributed by atoms with van der Waals surface area (Å²) in [5, 5.41) is 11.1.